The first kappa shape index (κ1) is 20.0. The number of fused-ring (bicyclic) bond motifs is 1. The summed E-state index contributed by atoms with van der Waals surface area (Å²) in [6.45, 7) is 0. The zero-order valence-electron chi connectivity index (χ0n) is 15.6. The molecule has 1 amide bonds. The van der Waals surface area contributed by atoms with E-state index in [2.05, 4.69) is 10.3 Å². The molecule has 3 aromatic rings. The van der Waals surface area contributed by atoms with Crippen LogP contribution in [0.5, 0.6) is 17.2 Å². The third-order valence-corrected chi connectivity index (χ3v) is 4.94. The Balaban J connectivity index is 2.16. The number of aromatic amines is 1. The van der Waals surface area contributed by atoms with Gasteiger partial charge in [0.05, 0.1) is 31.4 Å². The van der Waals surface area contributed by atoms with Crippen molar-refractivity contribution < 1.29 is 23.8 Å². The van der Waals surface area contributed by atoms with E-state index in [4.69, 9.17) is 14.2 Å². The van der Waals surface area contributed by atoms with Crippen molar-refractivity contribution in [3.63, 3.8) is 0 Å². The van der Waals surface area contributed by atoms with Gasteiger partial charge in [0.25, 0.3) is 0 Å². The molecule has 146 valence electrons. The molecule has 0 aliphatic heterocycles. The average molecular weight is 494 g/mol. The van der Waals surface area contributed by atoms with Gasteiger partial charge in [0.1, 0.15) is 5.69 Å². The van der Waals surface area contributed by atoms with Crippen LogP contribution in [-0.4, -0.2) is 42.4 Å². The number of amides is 1. The van der Waals surface area contributed by atoms with Crippen LogP contribution in [0.1, 0.15) is 16.1 Å². The molecule has 0 fully saturated rings. The second kappa shape index (κ2) is 8.51. The molecule has 2 aromatic carbocycles. The van der Waals surface area contributed by atoms with Crippen LogP contribution in [0.15, 0.2) is 36.4 Å². The number of methoxy groups -OCH3 is 3. The molecule has 0 unspecified atom stereocenters. The van der Waals surface area contributed by atoms with Crippen LogP contribution in [0, 0.1) is 0 Å². The molecule has 2 N–H and O–H groups in total. The predicted octanol–water partition coefficient (Wildman–Crippen LogP) is 3.80. The zero-order valence-corrected chi connectivity index (χ0v) is 17.7. The van der Waals surface area contributed by atoms with Crippen molar-refractivity contribution in [2.75, 3.05) is 31.1 Å². The van der Waals surface area contributed by atoms with Gasteiger partial charge in [-0.05, 0) is 18.2 Å². The summed E-state index contributed by atoms with van der Waals surface area (Å²) in [7, 11) is 4.47. The molecule has 0 saturated heterocycles. The van der Waals surface area contributed by atoms with Gasteiger partial charge in [-0.25, -0.2) is 0 Å². The highest BCUT2D eigenvalue weighted by Crippen LogP contribution is 2.39. The number of halogens is 1. The van der Waals surface area contributed by atoms with Crippen LogP contribution in [0.4, 0.5) is 5.69 Å². The van der Waals surface area contributed by atoms with E-state index in [1.165, 1.54) is 21.3 Å². The number of ketones is 1. The smallest absolute Gasteiger partial charge is 0.234 e. The lowest BCUT2D eigenvalue weighted by molar-refractivity contribution is -0.113. The van der Waals surface area contributed by atoms with Crippen LogP contribution < -0.4 is 19.5 Å². The fourth-order valence-electron chi connectivity index (χ4n) is 2.97. The number of hydrogen-bond donors (Lipinski definition) is 2. The largest absolute Gasteiger partial charge is 0.493 e. The van der Waals surface area contributed by atoms with Crippen molar-refractivity contribution in [2.45, 2.75) is 0 Å². The molecule has 0 saturated carbocycles. The summed E-state index contributed by atoms with van der Waals surface area (Å²) in [5.74, 6) is 0.651. The molecular formula is C20H19IN2O5. The number of anilines is 1. The Morgan fingerprint density at radius 1 is 1.04 bits per heavy atom. The van der Waals surface area contributed by atoms with Crippen LogP contribution in [-0.2, 0) is 4.79 Å². The van der Waals surface area contributed by atoms with Crippen LogP contribution in [0.3, 0.4) is 0 Å². The molecule has 1 aromatic heterocycles. The van der Waals surface area contributed by atoms with Gasteiger partial charge in [-0.3, -0.25) is 9.59 Å². The second-order valence-electron chi connectivity index (χ2n) is 5.85. The van der Waals surface area contributed by atoms with Gasteiger partial charge in [0.2, 0.25) is 17.4 Å². The third kappa shape index (κ3) is 3.64. The van der Waals surface area contributed by atoms with E-state index in [9.17, 15) is 9.59 Å². The van der Waals surface area contributed by atoms with E-state index in [-0.39, 0.29) is 21.8 Å². The van der Waals surface area contributed by atoms with Crippen molar-refractivity contribution >= 4 is 50.9 Å². The van der Waals surface area contributed by atoms with Gasteiger partial charge in [-0.1, -0.05) is 40.8 Å². The van der Waals surface area contributed by atoms with Gasteiger partial charge >= 0.3 is 0 Å². The molecule has 1 heterocycles. The summed E-state index contributed by atoms with van der Waals surface area (Å²) in [5.41, 5.74) is 1.83. The topological polar surface area (TPSA) is 89.7 Å². The number of alkyl halides is 1. The van der Waals surface area contributed by atoms with E-state index < -0.39 is 0 Å². The standard InChI is InChI=1S/C20H19IN2O5/c1-26-14-8-11(9-15(27-2)20(14)28-3)19(25)18-17(23-16(24)10-21)12-6-4-5-7-13(12)22-18/h4-9,22H,10H2,1-3H3,(H,23,24). The van der Waals surface area contributed by atoms with E-state index in [1.54, 1.807) is 12.1 Å². The molecule has 0 spiro atoms. The predicted molar refractivity (Wildman–Crippen MR) is 115 cm³/mol. The molecule has 0 aliphatic carbocycles. The number of para-hydroxylation sites is 1. The minimum absolute atomic E-state index is 0.190. The quantitative estimate of drug-likeness (QED) is 0.297. The van der Waals surface area contributed by atoms with Crippen molar-refractivity contribution in [2.24, 2.45) is 0 Å². The van der Waals surface area contributed by atoms with E-state index >= 15 is 0 Å². The molecule has 7 nitrogen and oxygen atoms in total. The molecular weight excluding hydrogens is 475 g/mol. The summed E-state index contributed by atoms with van der Waals surface area (Å²) in [6.07, 6.45) is 0. The summed E-state index contributed by atoms with van der Waals surface area (Å²) >= 11 is 1.97. The number of ether oxygens (including phenoxy) is 3. The van der Waals surface area contributed by atoms with Crippen LogP contribution >= 0.6 is 22.6 Å². The number of carbonyl (C=O) groups is 2. The Morgan fingerprint density at radius 3 is 2.25 bits per heavy atom. The Hall–Kier alpha value is -2.75. The Kier molecular flexibility index (Phi) is 6.08. The second-order valence-corrected chi connectivity index (χ2v) is 6.61. The Morgan fingerprint density at radius 2 is 1.68 bits per heavy atom. The molecule has 0 atom stereocenters. The number of aromatic nitrogens is 1. The molecule has 28 heavy (non-hydrogen) atoms. The number of rotatable bonds is 7. The highest BCUT2D eigenvalue weighted by molar-refractivity contribution is 14.1. The average Bonchev–Trinajstić information content (AvgIpc) is 3.10. The molecule has 3 rings (SSSR count). The molecule has 8 heteroatoms. The maximum absolute atomic E-state index is 13.3. The van der Waals surface area contributed by atoms with E-state index in [0.717, 1.165) is 10.9 Å². The molecule has 0 aliphatic rings. The number of H-pyrrole nitrogens is 1. The number of hydrogen-bond acceptors (Lipinski definition) is 5. The highest BCUT2D eigenvalue weighted by atomic mass is 127. The van der Waals surface area contributed by atoms with Gasteiger partial charge in [-0.2, -0.15) is 0 Å². The first-order chi connectivity index (χ1) is 13.5. The van der Waals surface area contributed by atoms with Crippen LogP contribution in [0.25, 0.3) is 10.9 Å². The fraction of sp³-hybridized carbons (Fsp3) is 0.200. The normalized spacial score (nSPS) is 10.6. The minimum Gasteiger partial charge on any atom is -0.493 e. The summed E-state index contributed by atoms with van der Waals surface area (Å²) in [5, 5.41) is 3.59. The fourth-order valence-corrected chi connectivity index (χ4v) is 3.16. The SMILES string of the molecule is COc1cc(C(=O)c2[nH]c3ccccc3c2NC(=O)CI)cc(OC)c1OC. The van der Waals surface area contributed by atoms with Crippen molar-refractivity contribution in [1.82, 2.24) is 4.98 Å². The first-order valence-corrected chi connectivity index (χ1v) is 9.87. The van der Waals surface area contributed by atoms with Gasteiger partial charge in [-0.15, -0.1) is 0 Å². The minimum atomic E-state index is -0.306. The highest BCUT2D eigenvalue weighted by Gasteiger charge is 2.23. The van der Waals surface area contributed by atoms with Crippen molar-refractivity contribution in [3.8, 4) is 17.2 Å². The van der Waals surface area contributed by atoms with E-state index in [0.29, 0.717) is 28.5 Å². The van der Waals surface area contributed by atoms with E-state index in [1.807, 2.05) is 46.9 Å². The number of benzene rings is 2. The Bertz CT molecular complexity index is 1020. The third-order valence-electron chi connectivity index (χ3n) is 4.25. The first-order valence-electron chi connectivity index (χ1n) is 8.35. The zero-order chi connectivity index (χ0) is 20.3. The lowest BCUT2D eigenvalue weighted by Gasteiger charge is -2.14. The van der Waals surface area contributed by atoms with Crippen molar-refractivity contribution in [1.29, 1.82) is 0 Å². The summed E-state index contributed by atoms with van der Waals surface area (Å²) in [6, 6.07) is 10.6. The summed E-state index contributed by atoms with van der Waals surface area (Å²) < 4.78 is 16.3. The summed E-state index contributed by atoms with van der Waals surface area (Å²) in [4.78, 5) is 28.4. The number of carbonyl (C=O) groups excluding carboxylic acids is 2. The molecule has 0 bridgehead atoms. The van der Waals surface area contributed by atoms with Gasteiger partial charge in [0.15, 0.2) is 11.5 Å². The molecule has 0 radical (unpaired) electrons. The maximum atomic E-state index is 13.3. The maximum Gasteiger partial charge on any atom is 0.234 e. The lowest BCUT2D eigenvalue weighted by Crippen LogP contribution is -2.15. The lowest BCUT2D eigenvalue weighted by atomic mass is 10.1. The monoisotopic (exact) mass is 494 g/mol. The van der Waals surface area contributed by atoms with Crippen LogP contribution in [0.2, 0.25) is 0 Å². The van der Waals surface area contributed by atoms with Gasteiger partial charge in [0, 0.05) is 16.5 Å². The number of nitrogens with one attached hydrogen (secondary N) is 2. The Labute approximate surface area is 175 Å². The van der Waals surface area contributed by atoms with Gasteiger partial charge < -0.3 is 24.5 Å². The van der Waals surface area contributed by atoms with Crippen molar-refractivity contribution in [3.05, 3.63) is 47.7 Å².